The summed E-state index contributed by atoms with van der Waals surface area (Å²) < 4.78 is 116. The van der Waals surface area contributed by atoms with Crippen molar-refractivity contribution in [1.29, 1.82) is 0 Å². The lowest BCUT2D eigenvalue weighted by Gasteiger charge is -2.28. The quantitative estimate of drug-likeness (QED) is 0.154. The van der Waals surface area contributed by atoms with Crippen molar-refractivity contribution in [3.63, 3.8) is 0 Å². The number of non-ortho nitro benzene ring substituents is 1. The van der Waals surface area contributed by atoms with Crippen LogP contribution >= 0.6 is 11.8 Å². The Morgan fingerprint density at radius 2 is 1.71 bits per heavy atom. The molecule has 0 unspecified atom stereocenters. The fraction of sp³-hybridized carbons (Fsp3) is 0.458. The minimum absolute atomic E-state index is 0.0974. The maximum absolute atomic E-state index is 15.3. The summed E-state index contributed by atoms with van der Waals surface area (Å²) in [5, 5.41) is 32.6. The Labute approximate surface area is 252 Å². The molecule has 1 aromatic carbocycles. The molecule has 0 fully saturated rings. The van der Waals surface area contributed by atoms with Crippen LogP contribution in [-0.2, 0) is 16.2 Å². The number of primary amides is 1. The Kier molecular flexibility index (Phi) is 9.53. The first-order valence-corrected chi connectivity index (χ1v) is 13.1. The van der Waals surface area contributed by atoms with Crippen LogP contribution in [0.2, 0.25) is 0 Å². The molecule has 0 aliphatic heterocycles. The molecular weight excluding hydrogens is 650 g/mol. The standard InChI is InChI=1S/C24H23F8N7O5S/c1-20(2,9-44-10-21(3,4)41)38-19(35-36-37-38)45-17-13(6-12(39(42)43)7-14(17)18(33)40)16-15(25)5-11(8-34-16)22(26,27)23(28,29)24(30,31)32/h5-8,41H,9-10H2,1-4H3,(H2,33,40). The zero-order valence-electron chi connectivity index (χ0n) is 23.5. The second-order valence-electron chi connectivity index (χ2n) is 10.8. The summed E-state index contributed by atoms with van der Waals surface area (Å²) in [6.07, 6.45) is -6.88. The van der Waals surface area contributed by atoms with E-state index in [0.29, 0.717) is 23.9 Å². The topological polar surface area (TPSA) is 172 Å². The van der Waals surface area contributed by atoms with Gasteiger partial charge in [0.2, 0.25) is 11.1 Å². The van der Waals surface area contributed by atoms with Gasteiger partial charge in [-0.25, -0.2) is 9.07 Å². The van der Waals surface area contributed by atoms with E-state index in [4.69, 9.17) is 10.5 Å². The van der Waals surface area contributed by atoms with Crippen molar-refractivity contribution < 1.29 is 54.7 Å². The van der Waals surface area contributed by atoms with Gasteiger partial charge in [0.05, 0.1) is 34.8 Å². The molecule has 0 radical (unpaired) electrons. The summed E-state index contributed by atoms with van der Waals surface area (Å²) in [7, 11) is 0. The zero-order chi connectivity index (χ0) is 34.3. The molecule has 0 aliphatic rings. The number of nitro benzene ring substituents is 1. The molecular formula is C24H23F8N7O5S. The maximum atomic E-state index is 15.3. The number of tetrazole rings is 1. The lowest BCUT2D eigenvalue weighted by atomic mass is 10.0. The van der Waals surface area contributed by atoms with E-state index in [1.807, 2.05) is 0 Å². The molecule has 0 spiro atoms. The van der Waals surface area contributed by atoms with Crippen molar-refractivity contribution in [2.45, 2.75) is 66.9 Å². The molecule has 0 bridgehead atoms. The van der Waals surface area contributed by atoms with Gasteiger partial charge >= 0.3 is 18.0 Å². The maximum Gasteiger partial charge on any atom is 0.460 e. The lowest BCUT2D eigenvalue weighted by Crippen LogP contribution is -2.50. The number of ether oxygens (including phenoxy) is 1. The van der Waals surface area contributed by atoms with Gasteiger partial charge in [0.1, 0.15) is 11.5 Å². The highest BCUT2D eigenvalue weighted by Crippen LogP contribution is 2.52. The highest BCUT2D eigenvalue weighted by Gasteiger charge is 2.73. The van der Waals surface area contributed by atoms with Gasteiger partial charge in [-0.15, -0.1) is 5.10 Å². The fourth-order valence-electron chi connectivity index (χ4n) is 3.68. The SMILES string of the molecule is CC(C)(O)COCC(C)(C)n1nnnc1Sc1c(C(N)=O)cc([N+](=O)[O-])cc1-c1ncc(C(F)(F)C(F)(F)C(F)(F)F)cc1F. The second-order valence-corrected chi connectivity index (χ2v) is 11.8. The first kappa shape index (κ1) is 35.5. The average Bonchev–Trinajstić information content (AvgIpc) is 3.36. The molecule has 45 heavy (non-hydrogen) atoms. The fourth-order valence-corrected chi connectivity index (χ4v) is 4.85. The van der Waals surface area contributed by atoms with Crippen LogP contribution in [0.15, 0.2) is 34.4 Å². The number of nitrogens with zero attached hydrogens (tertiary/aromatic N) is 6. The minimum Gasteiger partial charge on any atom is -0.388 e. The third kappa shape index (κ3) is 7.30. The van der Waals surface area contributed by atoms with Gasteiger partial charge in [-0.05, 0) is 55.9 Å². The number of carbonyl (C=O) groups excluding carboxylic acids is 1. The number of halogens is 8. The van der Waals surface area contributed by atoms with Gasteiger partial charge in [-0.3, -0.25) is 19.9 Å². The van der Waals surface area contributed by atoms with Crippen molar-refractivity contribution in [3.05, 3.63) is 51.5 Å². The summed E-state index contributed by atoms with van der Waals surface area (Å²) in [6.45, 7) is 5.97. The molecule has 2 aromatic heterocycles. The van der Waals surface area contributed by atoms with Gasteiger partial charge in [-0.2, -0.15) is 30.7 Å². The molecule has 0 saturated carbocycles. The lowest BCUT2D eigenvalue weighted by molar-refractivity contribution is -0.384. The molecule has 246 valence electrons. The Bertz CT molecular complexity index is 1610. The number of amides is 1. The predicted molar refractivity (Wildman–Crippen MR) is 138 cm³/mol. The molecule has 3 N–H and O–H groups in total. The van der Waals surface area contributed by atoms with Crippen molar-refractivity contribution >= 4 is 23.4 Å². The van der Waals surface area contributed by atoms with Crippen LogP contribution in [0.5, 0.6) is 0 Å². The average molecular weight is 674 g/mol. The summed E-state index contributed by atoms with van der Waals surface area (Å²) >= 11 is 0.485. The van der Waals surface area contributed by atoms with E-state index in [1.165, 1.54) is 18.5 Å². The third-order valence-electron chi connectivity index (χ3n) is 5.88. The predicted octanol–water partition coefficient (Wildman–Crippen LogP) is 4.84. The molecule has 21 heteroatoms. The first-order chi connectivity index (χ1) is 20.4. The van der Waals surface area contributed by atoms with Crippen molar-refractivity contribution in [1.82, 2.24) is 25.2 Å². The minimum atomic E-state index is -6.72. The van der Waals surface area contributed by atoms with Crippen LogP contribution in [0.25, 0.3) is 11.3 Å². The normalized spacial score (nSPS) is 13.3. The van der Waals surface area contributed by atoms with E-state index >= 15 is 4.39 Å². The van der Waals surface area contributed by atoms with E-state index < -0.39 is 78.8 Å². The zero-order valence-corrected chi connectivity index (χ0v) is 24.3. The number of hydrogen-bond donors (Lipinski definition) is 2. The number of benzene rings is 1. The third-order valence-corrected chi connectivity index (χ3v) is 6.96. The number of nitrogens with two attached hydrogens (primary N) is 1. The highest BCUT2D eigenvalue weighted by molar-refractivity contribution is 7.99. The van der Waals surface area contributed by atoms with Crippen LogP contribution < -0.4 is 5.73 Å². The molecule has 2 heterocycles. The second kappa shape index (κ2) is 12.1. The number of alkyl halides is 7. The van der Waals surface area contributed by atoms with Crippen LogP contribution in [0.3, 0.4) is 0 Å². The van der Waals surface area contributed by atoms with Gasteiger partial charge in [0.15, 0.2) is 0 Å². The number of hydrogen-bond acceptors (Lipinski definition) is 10. The smallest absolute Gasteiger partial charge is 0.388 e. The number of rotatable bonds is 12. The number of carbonyl (C=O) groups is 1. The molecule has 0 atom stereocenters. The monoisotopic (exact) mass is 673 g/mol. The molecule has 3 rings (SSSR count). The summed E-state index contributed by atoms with van der Waals surface area (Å²) in [5.74, 6) is -15.8. The largest absolute Gasteiger partial charge is 0.460 e. The van der Waals surface area contributed by atoms with Crippen LogP contribution in [0, 0.1) is 15.9 Å². The molecule has 1 amide bonds. The first-order valence-electron chi connectivity index (χ1n) is 12.3. The van der Waals surface area contributed by atoms with Gasteiger partial charge in [0, 0.05) is 34.4 Å². The van der Waals surface area contributed by atoms with E-state index in [1.54, 1.807) is 13.8 Å². The van der Waals surface area contributed by atoms with E-state index in [9.17, 15) is 50.7 Å². The molecule has 0 aliphatic carbocycles. The van der Waals surface area contributed by atoms with Gasteiger partial charge < -0.3 is 15.6 Å². The number of pyridine rings is 1. The van der Waals surface area contributed by atoms with Crippen LogP contribution in [-0.4, -0.2) is 72.0 Å². The summed E-state index contributed by atoms with van der Waals surface area (Å²) in [5.41, 5.74) is -2.23. The van der Waals surface area contributed by atoms with E-state index in [-0.39, 0.29) is 30.6 Å². The Balaban J connectivity index is 2.19. The van der Waals surface area contributed by atoms with Crippen molar-refractivity contribution in [3.8, 4) is 11.3 Å². The number of nitro groups is 1. The Morgan fingerprint density at radius 1 is 1.09 bits per heavy atom. The molecule has 12 nitrogen and oxygen atoms in total. The Morgan fingerprint density at radius 3 is 2.22 bits per heavy atom. The number of aromatic nitrogens is 5. The molecule has 3 aromatic rings. The van der Waals surface area contributed by atoms with Crippen LogP contribution in [0.1, 0.15) is 43.6 Å². The van der Waals surface area contributed by atoms with E-state index in [2.05, 4.69) is 20.5 Å². The number of aliphatic hydroxyl groups is 1. The Hall–Kier alpha value is -3.98. The van der Waals surface area contributed by atoms with Gasteiger partial charge in [-0.1, -0.05) is 0 Å². The summed E-state index contributed by atoms with van der Waals surface area (Å²) in [6, 6.07) is 1.00. The highest BCUT2D eigenvalue weighted by atomic mass is 32.2. The van der Waals surface area contributed by atoms with Crippen LogP contribution in [0.4, 0.5) is 40.8 Å². The summed E-state index contributed by atoms with van der Waals surface area (Å²) in [4.78, 5) is 25.8. The molecule has 0 saturated heterocycles. The van der Waals surface area contributed by atoms with Crippen molar-refractivity contribution in [2.75, 3.05) is 13.2 Å². The van der Waals surface area contributed by atoms with E-state index in [0.717, 1.165) is 0 Å². The van der Waals surface area contributed by atoms with Gasteiger partial charge in [0.25, 0.3) is 5.69 Å². The van der Waals surface area contributed by atoms with Crippen molar-refractivity contribution in [2.24, 2.45) is 5.73 Å².